The zero-order valence-corrected chi connectivity index (χ0v) is 13.5. The lowest BCUT2D eigenvalue weighted by molar-refractivity contribution is 0.151. The Morgan fingerprint density at radius 1 is 1.10 bits per heavy atom. The fourth-order valence-electron chi connectivity index (χ4n) is 3.05. The molecule has 0 bridgehead atoms. The summed E-state index contributed by atoms with van der Waals surface area (Å²) in [6.45, 7) is 4.41. The van der Waals surface area contributed by atoms with Crippen LogP contribution in [0.3, 0.4) is 0 Å². The van der Waals surface area contributed by atoms with Crippen molar-refractivity contribution >= 4 is 24.8 Å². The molecule has 0 radical (unpaired) electrons. The number of hydrogen-bond acceptors (Lipinski definition) is 4. The third-order valence-corrected chi connectivity index (χ3v) is 4.03. The summed E-state index contributed by atoms with van der Waals surface area (Å²) in [5.74, 6) is 1.68. The third-order valence-electron chi connectivity index (χ3n) is 4.03. The van der Waals surface area contributed by atoms with Gasteiger partial charge in [0, 0.05) is 32.2 Å². The predicted octanol–water partition coefficient (Wildman–Crippen LogP) is 2.05. The van der Waals surface area contributed by atoms with E-state index in [2.05, 4.69) is 22.3 Å². The molecule has 1 aromatic rings. The summed E-state index contributed by atoms with van der Waals surface area (Å²) >= 11 is 0. The molecule has 114 valence electrons. The van der Waals surface area contributed by atoms with Gasteiger partial charge in [-0.3, -0.25) is 4.90 Å². The Balaban J connectivity index is 0.000001000. The zero-order chi connectivity index (χ0) is 12.5. The second kappa shape index (κ2) is 7.36. The van der Waals surface area contributed by atoms with Crippen LogP contribution in [0, 0.1) is 0 Å². The number of ether oxygens (including phenoxy) is 2. The van der Waals surface area contributed by atoms with Crippen molar-refractivity contribution < 1.29 is 9.47 Å². The minimum absolute atomic E-state index is 0. The largest absolute Gasteiger partial charge is 0.493 e. The van der Waals surface area contributed by atoms with E-state index in [9.17, 15) is 0 Å². The monoisotopic (exact) mass is 320 g/mol. The van der Waals surface area contributed by atoms with Crippen molar-refractivity contribution in [1.29, 1.82) is 0 Å². The van der Waals surface area contributed by atoms with Crippen LogP contribution in [0.25, 0.3) is 0 Å². The molecule has 1 aromatic carbocycles. The van der Waals surface area contributed by atoms with Crippen molar-refractivity contribution in [2.24, 2.45) is 0 Å². The van der Waals surface area contributed by atoms with Crippen LogP contribution >= 0.6 is 24.8 Å². The average molecular weight is 321 g/mol. The van der Waals surface area contributed by atoms with E-state index in [1.165, 1.54) is 11.1 Å². The summed E-state index contributed by atoms with van der Waals surface area (Å²) in [4.78, 5) is 2.56. The molecule has 0 amide bonds. The Kier molecular flexibility index (Phi) is 6.40. The maximum atomic E-state index is 5.42. The molecule has 2 heterocycles. The van der Waals surface area contributed by atoms with Crippen molar-refractivity contribution in [3.8, 4) is 11.5 Å². The quantitative estimate of drug-likeness (QED) is 0.904. The van der Waals surface area contributed by atoms with Gasteiger partial charge in [-0.1, -0.05) is 0 Å². The Morgan fingerprint density at radius 3 is 2.50 bits per heavy atom. The SMILES string of the molecule is COc1cc2c(cc1OC)C1CNCCN1CC2.Cl.Cl. The maximum absolute atomic E-state index is 5.42. The van der Waals surface area contributed by atoms with Crippen molar-refractivity contribution in [3.05, 3.63) is 23.3 Å². The molecule has 1 atom stereocenters. The van der Waals surface area contributed by atoms with E-state index in [0.29, 0.717) is 6.04 Å². The molecule has 1 unspecified atom stereocenters. The Hall–Kier alpha value is -0.680. The minimum atomic E-state index is 0. The number of nitrogens with one attached hydrogen (secondary N) is 1. The van der Waals surface area contributed by atoms with E-state index in [4.69, 9.17) is 9.47 Å². The molecule has 3 rings (SSSR count). The lowest BCUT2D eigenvalue weighted by Crippen LogP contribution is -2.48. The van der Waals surface area contributed by atoms with Crippen molar-refractivity contribution in [1.82, 2.24) is 10.2 Å². The summed E-state index contributed by atoms with van der Waals surface area (Å²) in [5.41, 5.74) is 2.80. The Bertz CT molecular complexity index is 457. The Labute approximate surface area is 132 Å². The van der Waals surface area contributed by atoms with Crippen LogP contribution in [0.4, 0.5) is 0 Å². The summed E-state index contributed by atoms with van der Waals surface area (Å²) < 4.78 is 10.8. The summed E-state index contributed by atoms with van der Waals surface area (Å²) in [7, 11) is 3.39. The highest BCUT2D eigenvalue weighted by Gasteiger charge is 2.30. The molecule has 1 fully saturated rings. The first kappa shape index (κ1) is 17.4. The first-order chi connectivity index (χ1) is 8.83. The van der Waals surface area contributed by atoms with Gasteiger partial charge in [0.15, 0.2) is 11.5 Å². The number of nitrogens with zero attached hydrogens (tertiary/aromatic N) is 1. The molecule has 0 spiro atoms. The highest BCUT2D eigenvalue weighted by molar-refractivity contribution is 5.85. The first-order valence-corrected chi connectivity index (χ1v) is 6.53. The van der Waals surface area contributed by atoms with Crippen LogP contribution in [0.5, 0.6) is 11.5 Å². The van der Waals surface area contributed by atoms with Crippen molar-refractivity contribution in [2.45, 2.75) is 12.5 Å². The number of hydrogen-bond donors (Lipinski definition) is 1. The van der Waals surface area contributed by atoms with Gasteiger partial charge in [0.2, 0.25) is 0 Å². The smallest absolute Gasteiger partial charge is 0.161 e. The molecule has 2 aliphatic heterocycles. The van der Waals surface area contributed by atoms with E-state index in [1.807, 2.05) is 0 Å². The predicted molar refractivity (Wildman–Crippen MR) is 84.9 cm³/mol. The van der Waals surface area contributed by atoms with Gasteiger partial charge in [-0.15, -0.1) is 24.8 Å². The lowest BCUT2D eigenvalue weighted by atomic mass is 9.91. The highest BCUT2D eigenvalue weighted by Crippen LogP contribution is 2.38. The molecule has 2 aliphatic rings. The van der Waals surface area contributed by atoms with Gasteiger partial charge in [-0.2, -0.15) is 0 Å². The van der Waals surface area contributed by atoms with Gasteiger partial charge >= 0.3 is 0 Å². The zero-order valence-electron chi connectivity index (χ0n) is 11.8. The van der Waals surface area contributed by atoms with Gasteiger partial charge in [-0.25, -0.2) is 0 Å². The van der Waals surface area contributed by atoms with Crippen LogP contribution in [0.15, 0.2) is 12.1 Å². The van der Waals surface area contributed by atoms with E-state index in [0.717, 1.165) is 44.1 Å². The van der Waals surface area contributed by atoms with Gasteiger partial charge < -0.3 is 14.8 Å². The van der Waals surface area contributed by atoms with Crippen LogP contribution in [0.1, 0.15) is 17.2 Å². The molecule has 1 N–H and O–H groups in total. The minimum Gasteiger partial charge on any atom is -0.493 e. The van der Waals surface area contributed by atoms with Gasteiger partial charge in [-0.05, 0) is 29.7 Å². The lowest BCUT2D eigenvalue weighted by Gasteiger charge is -2.41. The van der Waals surface area contributed by atoms with E-state index in [1.54, 1.807) is 14.2 Å². The summed E-state index contributed by atoms with van der Waals surface area (Å²) in [5, 5.41) is 3.48. The van der Waals surface area contributed by atoms with E-state index < -0.39 is 0 Å². The van der Waals surface area contributed by atoms with Crippen LogP contribution < -0.4 is 14.8 Å². The first-order valence-electron chi connectivity index (χ1n) is 6.53. The molecule has 20 heavy (non-hydrogen) atoms. The summed E-state index contributed by atoms with van der Waals surface area (Å²) in [6.07, 6.45) is 1.10. The van der Waals surface area contributed by atoms with Crippen LogP contribution in [-0.2, 0) is 6.42 Å². The molecular weight excluding hydrogens is 299 g/mol. The molecule has 0 aliphatic carbocycles. The molecule has 6 heteroatoms. The van der Waals surface area contributed by atoms with E-state index in [-0.39, 0.29) is 24.8 Å². The number of benzene rings is 1. The topological polar surface area (TPSA) is 33.7 Å². The number of piperazine rings is 1. The molecule has 4 nitrogen and oxygen atoms in total. The number of rotatable bonds is 2. The molecule has 0 saturated carbocycles. The van der Waals surface area contributed by atoms with Gasteiger partial charge in [0.1, 0.15) is 0 Å². The fourth-order valence-corrected chi connectivity index (χ4v) is 3.05. The van der Waals surface area contributed by atoms with Crippen LogP contribution in [0.2, 0.25) is 0 Å². The number of fused-ring (bicyclic) bond motifs is 3. The second-order valence-corrected chi connectivity index (χ2v) is 4.91. The summed E-state index contributed by atoms with van der Waals surface area (Å²) in [6, 6.07) is 4.78. The average Bonchev–Trinajstić information content (AvgIpc) is 2.45. The standard InChI is InChI=1S/C14H20N2O2.2ClH/c1-17-13-7-10-3-5-16-6-4-15-9-12(16)11(10)8-14(13)18-2;;/h7-8,12,15H,3-6,9H2,1-2H3;2*1H. The number of halogens is 2. The molecule has 0 aromatic heterocycles. The van der Waals surface area contributed by atoms with E-state index >= 15 is 0 Å². The highest BCUT2D eigenvalue weighted by atomic mass is 35.5. The number of methoxy groups -OCH3 is 2. The maximum Gasteiger partial charge on any atom is 0.161 e. The fraction of sp³-hybridized carbons (Fsp3) is 0.571. The molecule has 1 saturated heterocycles. The van der Waals surface area contributed by atoms with Gasteiger partial charge in [0.05, 0.1) is 14.2 Å². The third kappa shape index (κ3) is 2.98. The van der Waals surface area contributed by atoms with Crippen LogP contribution in [-0.4, -0.2) is 45.3 Å². The molecular formula is C14H22Cl2N2O2. The second-order valence-electron chi connectivity index (χ2n) is 4.91. The van der Waals surface area contributed by atoms with Crippen molar-refractivity contribution in [2.75, 3.05) is 40.4 Å². The van der Waals surface area contributed by atoms with Crippen molar-refractivity contribution in [3.63, 3.8) is 0 Å². The Morgan fingerprint density at radius 2 is 1.80 bits per heavy atom. The van der Waals surface area contributed by atoms with Gasteiger partial charge in [0.25, 0.3) is 0 Å². The normalized spacial score (nSPS) is 20.8.